The minimum absolute atomic E-state index is 0.0324. The van der Waals surface area contributed by atoms with Gasteiger partial charge in [0.05, 0.1) is 11.8 Å². The second-order valence-corrected chi connectivity index (χ2v) is 4.63. The lowest BCUT2D eigenvalue weighted by Gasteiger charge is -2.27. The highest BCUT2D eigenvalue weighted by atomic mass is 16.1. The number of rotatable bonds is 2. The Balaban J connectivity index is 2.07. The van der Waals surface area contributed by atoms with Crippen molar-refractivity contribution in [3.8, 4) is 0 Å². The number of benzene rings is 1. The molecule has 1 aromatic rings. The molecule has 0 fully saturated rings. The van der Waals surface area contributed by atoms with Crippen molar-refractivity contribution in [2.24, 2.45) is 16.6 Å². The van der Waals surface area contributed by atoms with Crippen LogP contribution in [0.3, 0.4) is 0 Å². The molecular formula is C16H14N2O. The largest absolute Gasteiger partial charge is 0.366 e. The molecule has 94 valence electrons. The topological polar surface area (TPSA) is 55.5 Å². The quantitative estimate of drug-likeness (QED) is 0.857. The number of fused-ring (bicyclic) bond motifs is 1. The number of hydrogen-bond donors (Lipinski definition) is 1. The molecule has 19 heavy (non-hydrogen) atoms. The molecule has 0 aromatic heterocycles. The fourth-order valence-electron chi connectivity index (χ4n) is 2.45. The minimum atomic E-state index is -0.377. The van der Waals surface area contributed by atoms with E-state index >= 15 is 0 Å². The van der Waals surface area contributed by atoms with Crippen LogP contribution in [0.4, 0.5) is 0 Å². The molecule has 1 aliphatic carbocycles. The van der Waals surface area contributed by atoms with E-state index in [4.69, 9.17) is 10.7 Å². The molecule has 1 heterocycles. The lowest BCUT2D eigenvalue weighted by atomic mass is 9.84. The summed E-state index contributed by atoms with van der Waals surface area (Å²) in [6.07, 6.45) is 9.68. The second kappa shape index (κ2) is 4.69. The molecule has 3 rings (SSSR count). The molecule has 2 unspecified atom stereocenters. The van der Waals surface area contributed by atoms with Crippen molar-refractivity contribution in [2.75, 3.05) is 0 Å². The number of carbonyl (C=O) groups is 1. The molecule has 1 aliphatic heterocycles. The summed E-state index contributed by atoms with van der Waals surface area (Å²) in [6, 6.07) is 9.80. The lowest BCUT2D eigenvalue weighted by molar-refractivity contribution is -0.115. The number of primary amides is 1. The molecule has 3 nitrogen and oxygen atoms in total. The van der Waals surface area contributed by atoms with Crippen molar-refractivity contribution in [1.29, 1.82) is 0 Å². The first-order chi connectivity index (χ1) is 9.25. The second-order valence-electron chi connectivity index (χ2n) is 4.63. The van der Waals surface area contributed by atoms with Crippen LogP contribution in [0.25, 0.3) is 0 Å². The predicted octanol–water partition coefficient (Wildman–Crippen LogP) is 2.01. The molecule has 0 saturated carbocycles. The molecule has 2 N–H and O–H groups in total. The fourth-order valence-corrected chi connectivity index (χ4v) is 2.45. The van der Waals surface area contributed by atoms with Crippen molar-refractivity contribution < 1.29 is 4.79 Å². The van der Waals surface area contributed by atoms with Crippen LogP contribution in [0.5, 0.6) is 0 Å². The molecular weight excluding hydrogens is 236 g/mol. The Hall–Kier alpha value is -2.42. The molecule has 3 heteroatoms. The highest BCUT2D eigenvalue weighted by molar-refractivity contribution is 6.13. The zero-order valence-electron chi connectivity index (χ0n) is 10.4. The number of amides is 1. The standard InChI is InChI=1S/C16H14N2O/c17-16(19)13-10-15(11-6-2-1-3-7-11)18-14-9-5-4-8-12(13)14/h1-10,12,14H,(H2,17,19). The maximum Gasteiger partial charge on any atom is 0.245 e. The number of nitrogens with zero attached hydrogens (tertiary/aromatic N) is 1. The SMILES string of the molecule is NC(=O)C1=CC(c2ccccc2)=NC2C=CC=CC12. The molecule has 1 aromatic carbocycles. The highest BCUT2D eigenvalue weighted by Crippen LogP contribution is 2.28. The van der Waals surface area contributed by atoms with Crippen LogP contribution in [0.1, 0.15) is 5.56 Å². The molecule has 2 atom stereocenters. The van der Waals surface area contributed by atoms with Crippen molar-refractivity contribution >= 4 is 11.6 Å². The Morgan fingerprint density at radius 3 is 2.58 bits per heavy atom. The molecule has 1 amide bonds. The van der Waals surface area contributed by atoms with Gasteiger partial charge in [0.15, 0.2) is 0 Å². The third-order valence-corrected chi connectivity index (χ3v) is 3.40. The van der Waals surface area contributed by atoms with E-state index in [9.17, 15) is 4.79 Å². The van der Waals surface area contributed by atoms with Crippen molar-refractivity contribution in [3.63, 3.8) is 0 Å². The van der Waals surface area contributed by atoms with Crippen LogP contribution < -0.4 is 5.73 Å². The molecule has 0 saturated heterocycles. The van der Waals surface area contributed by atoms with Gasteiger partial charge in [0, 0.05) is 11.5 Å². The Labute approximate surface area is 111 Å². The average Bonchev–Trinajstić information content (AvgIpc) is 2.47. The van der Waals surface area contributed by atoms with Gasteiger partial charge >= 0.3 is 0 Å². The van der Waals surface area contributed by atoms with Gasteiger partial charge in [-0.1, -0.05) is 54.6 Å². The van der Waals surface area contributed by atoms with Crippen LogP contribution in [-0.2, 0) is 4.79 Å². The highest BCUT2D eigenvalue weighted by Gasteiger charge is 2.29. The summed E-state index contributed by atoms with van der Waals surface area (Å²) >= 11 is 0. The van der Waals surface area contributed by atoms with Crippen molar-refractivity contribution in [2.45, 2.75) is 6.04 Å². The summed E-state index contributed by atoms with van der Waals surface area (Å²) in [7, 11) is 0. The molecule has 0 radical (unpaired) electrons. The van der Waals surface area contributed by atoms with E-state index in [0.29, 0.717) is 5.57 Å². The summed E-state index contributed by atoms with van der Waals surface area (Å²) in [5.41, 5.74) is 7.94. The van der Waals surface area contributed by atoms with Crippen LogP contribution in [0, 0.1) is 5.92 Å². The van der Waals surface area contributed by atoms with E-state index in [-0.39, 0.29) is 17.9 Å². The number of aliphatic imine (C=N–C) groups is 1. The van der Waals surface area contributed by atoms with Gasteiger partial charge in [0.25, 0.3) is 0 Å². The molecule has 0 spiro atoms. The van der Waals surface area contributed by atoms with Gasteiger partial charge in [-0.25, -0.2) is 0 Å². The van der Waals surface area contributed by atoms with Gasteiger partial charge in [-0.3, -0.25) is 9.79 Å². The Kier molecular flexibility index (Phi) is 2.88. The van der Waals surface area contributed by atoms with Crippen LogP contribution in [0.15, 0.2) is 71.3 Å². The first kappa shape index (κ1) is 11.7. The summed E-state index contributed by atoms with van der Waals surface area (Å²) in [5.74, 6) is -0.409. The number of allylic oxidation sites excluding steroid dienone is 3. The van der Waals surface area contributed by atoms with E-state index in [0.717, 1.165) is 11.3 Å². The number of hydrogen-bond acceptors (Lipinski definition) is 2. The summed E-state index contributed by atoms with van der Waals surface area (Å²) in [4.78, 5) is 16.3. The summed E-state index contributed by atoms with van der Waals surface area (Å²) in [6.45, 7) is 0. The van der Waals surface area contributed by atoms with Gasteiger partial charge in [0.1, 0.15) is 0 Å². The zero-order valence-corrected chi connectivity index (χ0v) is 10.4. The van der Waals surface area contributed by atoms with Crippen molar-refractivity contribution in [3.05, 3.63) is 71.8 Å². The fraction of sp³-hybridized carbons (Fsp3) is 0.125. The zero-order chi connectivity index (χ0) is 13.2. The van der Waals surface area contributed by atoms with Gasteiger partial charge in [-0.15, -0.1) is 0 Å². The number of nitrogens with two attached hydrogens (primary N) is 1. The predicted molar refractivity (Wildman–Crippen MR) is 75.8 cm³/mol. The molecule has 0 bridgehead atoms. The maximum atomic E-state index is 11.6. The molecule has 2 aliphatic rings. The van der Waals surface area contributed by atoms with Crippen LogP contribution in [-0.4, -0.2) is 17.7 Å². The van der Waals surface area contributed by atoms with Gasteiger partial charge in [-0.05, 0) is 11.6 Å². The Morgan fingerprint density at radius 1 is 1.11 bits per heavy atom. The number of carbonyl (C=O) groups excluding carboxylic acids is 1. The van der Waals surface area contributed by atoms with Gasteiger partial charge in [-0.2, -0.15) is 0 Å². The van der Waals surface area contributed by atoms with Crippen molar-refractivity contribution in [1.82, 2.24) is 0 Å². The van der Waals surface area contributed by atoms with E-state index < -0.39 is 0 Å². The summed E-state index contributed by atoms with van der Waals surface area (Å²) in [5, 5.41) is 0. The Bertz CT molecular complexity index is 623. The van der Waals surface area contributed by atoms with E-state index in [1.54, 1.807) is 0 Å². The van der Waals surface area contributed by atoms with Gasteiger partial charge in [0.2, 0.25) is 5.91 Å². The van der Waals surface area contributed by atoms with Crippen LogP contribution >= 0.6 is 0 Å². The smallest absolute Gasteiger partial charge is 0.245 e. The Morgan fingerprint density at radius 2 is 1.84 bits per heavy atom. The monoisotopic (exact) mass is 250 g/mol. The lowest BCUT2D eigenvalue weighted by Crippen LogP contribution is -2.31. The van der Waals surface area contributed by atoms with Gasteiger partial charge < -0.3 is 5.73 Å². The van der Waals surface area contributed by atoms with E-state index in [1.807, 2.05) is 60.7 Å². The first-order valence-corrected chi connectivity index (χ1v) is 6.25. The first-order valence-electron chi connectivity index (χ1n) is 6.25. The third-order valence-electron chi connectivity index (χ3n) is 3.40. The van der Waals surface area contributed by atoms with E-state index in [2.05, 4.69) is 0 Å². The normalized spacial score (nSPS) is 24.4. The minimum Gasteiger partial charge on any atom is -0.366 e. The van der Waals surface area contributed by atoms with E-state index in [1.165, 1.54) is 0 Å². The third kappa shape index (κ3) is 2.15. The summed E-state index contributed by atoms with van der Waals surface area (Å²) < 4.78 is 0. The maximum absolute atomic E-state index is 11.6. The number of dihydropyridines is 1. The average molecular weight is 250 g/mol. The van der Waals surface area contributed by atoms with Crippen LogP contribution in [0.2, 0.25) is 0 Å².